The van der Waals surface area contributed by atoms with E-state index in [0.717, 1.165) is 25.2 Å². The van der Waals surface area contributed by atoms with E-state index in [-0.39, 0.29) is 12.5 Å². The summed E-state index contributed by atoms with van der Waals surface area (Å²) in [5, 5.41) is 9.61. The van der Waals surface area contributed by atoms with Crippen molar-refractivity contribution in [2.24, 2.45) is 0 Å². The zero-order valence-corrected chi connectivity index (χ0v) is 11.9. The van der Waals surface area contributed by atoms with Crippen LogP contribution in [0, 0.1) is 13.8 Å². The molecule has 1 unspecified atom stereocenters. The van der Waals surface area contributed by atoms with Crippen molar-refractivity contribution < 1.29 is 9.90 Å². The number of rotatable bonds is 2. The lowest BCUT2D eigenvalue weighted by molar-refractivity contribution is -0.131. The predicted molar refractivity (Wildman–Crippen MR) is 76.4 cm³/mol. The van der Waals surface area contributed by atoms with Crippen LogP contribution in [0.2, 0.25) is 0 Å². The van der Waals surface area contributed by atoms with Crippen LogP contribution >= 0.6 is 0 Å². The number of aliphatic hydroxyl groups is 1. The Morgan fingerprint density at radius 3 is 2.74 bits per heavy atom. The van der Waals surface area contributed by atoms with E-state index in [1.165, 1.54) is 11.1 Å². The molecule has 4 nitrogen and oxygen atoms in total. The lowest BCUT2D eigenvalue weighted by atomic mass is 10.1. The smallest absolute Gasteiger partial charge is 0.247 e. The van der Waals surface area contributed by atoms with E-state index in [4.69, 9.17) is 0 Å². The molecule has 1 aliphatic heterocycles. The largest absolute Gasteiger partial charge is 0.394 e. The molecule has 0 saturated carbocycles. The van der Waals surface area contributed by atoms with Gasteiger partial charge in [0.2, 0.25) is 5.91 Å². The maximum Gasteiger partial charge on any atom is 0.247 e. The molecule has 0 bridgehead atoms. The summed E-state index contributed by atoms with van der Waals surface area (Å²) in [6, 6.07) is 5.64. The van der Waals surface area contributed by atoms with Crippen molar-refractivity contribution in [3.63, 3.8) is 0 Å². The standard InChI is InChI=1S/C15H22N2O2/c1-11-6-4-7-13(12(11)2)17-9-5-8-16(3)15(19)14(17)10-18/h4,6-7,14,18H,5,8-10H2,1-3H3. The third-order valence-corrected chi connectivity index (χ3v) is 3.99. The van der Waals surface area contributed by atoms with Crippen molar-refractivity contribution in [1.29, 1.82) is 0 Å². The van der Waals surface area contributed by atoms with Gasteiger partial charge in [-0.2, -0.15) is 0 Å². The Labute approximate surface area is 114 Å². The second kappa shape index (κ2) is 5.61. The number of aryl methyl sites for hydroxylation is 1. The van der Waals surface area contributed by atoms with Crippen molar-refractivity contribution in [1.82, 2.24) is 4.90 Å². The molecule has 1 heterocycles. The summed E-state index contributed by atoms with van der Waals surface area (Å²) >= 11 is 0. The Kier molecular flexibility index (Phi) is 4.10. The highest BCUT2D eigenvalue weighted by molar-refractivity contribution is 5.86. The average molecular weight is 262 g/mol. The van der Waals surface area contributed by atoms with Crippen LogP contribution in [0.1, 0.15) is 17.5 Å². The second-order valence-electron chi connectivity index (χ2n) is 5.22. The van der Waals surface area contributed by atoms with E-state index in [1.807, 2.05) is 17.0 Å². The number of hydrogen-bond acceptors (Lipinski definition) is 3. The van der Waals surface area contributed by atoms with Crippen molar-refractivity contribution >= 4 is 11.6 Å². The van der Waals surface area contributed by atoms with Crippen molar-refractivity contribution in [2.45, 2.75) is 26.3 Å². The number of nitrogens with zero attached hydrogens (tertiary/aromatic N) is 2. The molecule has 0 spiro atoms. The van der Waals surface area contributed by atoms with Gasteiger partial charge >= 0.3 is 0 Å². The molecule has 1 amide bonds. The number of benzene rings is 1. The third-order valence-electron chi connectivity index (χ3n) is 3.99. The van der Waals surface area contributed by atoms with Crippen LogP contribution in [-0.4, -0.2) is 48.7 Å². The highest BCUT2D eigenvalue weighted by Gasteiger charge is 2.31. The molecule has 4 heteroatoms. The normalized spacial score (nSPS) is 20.6. The fourth-order valence-electron chi connectivity index (χ4n) is 2.64. The maximum absolute atomic E-state index is 12.3. The van der Waals surface area contributed by atoms with E-state index >= 15 is 0 Å². The molecule has 19 heavy (non-hydrogen) atoms. The van der Waals surface area contributed by atoms with E-state index in [1.54, 1.807) is 11.9 Å². The molecule has 1 fully saturated rings. The molecule has 1 N–H and O–H groups in total. The van der Waals surface area contributed by atoms with E-state index in [2.05, 4.69) is 19.9 Å². The predicted octanol–water partition coefficient (Wildman–Crippen LogP) is 1.33. The van der Waals surface area contributed by atoms with Gasteiger partial charge in [0.05, 0.1) is 6.61 Å². The van der Waals surface area contributed by atoms with Crippen LogP contribution in [-0.2, 0) is 4.79 Å². The first kappa shape index (κ1) is 13.9. The summed E-state index contributed by atoms with van der Waals surface area (Å²) in [4.78, 5) is 16.0. The first-order valence-corrected chi connectivity index (χ1v) is 6.75. The fourth-order valence-corrected chi connectivity index (χ4v) is 2.64. The summed E-state index contributed by atoms with van der Waals surface area (Å²) in [7, 11) is 1.80. The third kappa shape index (κ3) is 2.59. The second-order valence-corrected chi connectivity index (χ2v) is 5.22. The topological polar surface area (TPSA) is 43.8 Å². The van der Waals surface area contributed by atoms with Gasteiger partial charge in [0.25, 0.3) is 0 Å². The van der Waals surface area contributed by atoms with E-state index < -0.39 is 6.04 Å². The number of anilines is 1. The molecular weight excluding hydrogens is 240 g/mol. The molecule has 2 rings (SSSR count). The van der Waals surface area contributed by atoms with Gasteiger partial charge in [-0.3, -0.25) is 4.79 Å². The highest BCUT2D eigenvalue weighted by Crippen LogP contribution is 2.26. The van der Waals surface area contributed by atoms with Crippen LogP contribution in [0.25, 0.3) is 0 Å². The maximum atomic E-state index is 12.3. The van der Waals surface area contributed by atoms with E-state index in [0.29, 0.717) is 0 Å². The first-order valence-electron chi connectivity index (χ1n) is 6.75. The number of aliphatic hydroxyl groups excluding tert-OH is 1. The summed E-state index contributed by atoms with van der Waals surface area (Å²) in [6.45, 7) is 5.54. The van der Waals surface area contributed by atoms with Crippen LogP contribution in [0.15, 0.2) is 18.2 Å². The van der Waals surface area contributed by atoms with Crippen LogP contribution in [0.4, 0.5) is 5.69 Å². The molecule has 104 valence electrons. The Balaban J connectivity index is 2.40. The SMILES string of the molecule is Cc1cccc(N2CCCN(C)C(=O)C2CO)c1C. The van der Waals surface area contributed by atoms with Crippen LogP contribution in [0.5, 0.6) is 0 Å². The fraction of sp³-hybridized carbons (Fsp3) is 0.533. The van der Waals surface area contributed by atoms with E-state index in [9.17, 15) is 9.90 Å². The highest BCUT2D eigenvalue weighted by atomic mass is 16.3. The monoisotopic (exact) mass is 262 g/mol. The van der Waals surface area contributed by atoms with Crippen LogP contribution in [0.3, 0.4) is 0 Å². The average Bonchev–Trinajstić information content (AvgIpc) is 2.53. The minimum absolute atomic E-state index is 0.000839. The van der Waals surface area contributed by atoms with Gasteiger partial charge in [0.1, 0.15) is 6.04 Å². The molecule has 1 atom stereocenters. The molecule has 0 radical (unpaired) electrons. The lowest BCUT2D eigenvalue weighted by Gasteiger charge is -2.31. The van der Waals surface area contributed by atoms with Crippen LogP contribution < -0.4 is 4.90 Å². The van der Waals surface area contributed by atoms with Crippen molar-refractivity contribution in [3.05, 3.63) is 29.3 Å². The number of carbonyl (C=O) groups excluding carboxylic acids is 1. The van der Waals surface area contributed by atoms with Gasteiger partial charge in [-0.05, 0) is 37.5 Å². The molecular formula is C15H22N2O2. The molecule has 0 aliphatic carbocycles. The number of likely N-dealkylation sites (N-methyl/N-ethyl adjacent to an activating group) is 1. The van der Waals surface area contributed by atoms with Gasteiger partial charge in [0, 0.05) is 25.8 Å². The number of carbonyl (C=O) groups is 1. The van der Waals surface area contributed by atoms with Gasteiger partial charge in [-0.15, -0.1) is 0 Å². The molecule has 1 saturated heterocycles. The minimum Gasteiger partial charge on any atom is -0.394 e. The Morgan fingerprint density at radius 2 is 2.05 bits per heavy atom. The quantitative estimate of drug-likeness (QED) is 0.874. The molecule has 1 aliphatic rings. The van der Waals surface area contributed by atoms with Gasteiger partial charge < -0.3 is 14.9 Å². The molecule has 1 aromatic rings. The van der Waals surface area contributed by atoms with Crippen molar-refractivity contribution in [3.8, 4) is 0 Å². The van der Waals surface area contributed by atoms with Gasteiger partial charge in [0.15, 0.2) is 0 Å². The zero-order valence-electron chi connectivity index (χ0n) is 11.9. The molecule has 0 aromatic heterocycles. The molecule has 1 aromatic carbocycles. The summed E-state index contributed by atoms with van der Waals surface area (Å²) in [5.74, 6) is 0.000839. The first-order chi connectivity index (χ1) is 9.06. The van der Waals surface area contributed by atoms with Crippen molar-refractivity contribution in [2.75, 3.05) is 31.6 Å². The number of amides is 1. The van der Waals surface area contributed by atoms with Gasteiger partial charge in [-0.25, -0.2) is 0 Å². The zero-order chi connectivity index (χ0) is 14.0. The minimum atomic E-state index is -0.465. The Morgan fingerprint density at radius 1 is 1.32 bits per heavy atom. The summed E-state index contributed by atoms with van der Waals surface area (Å²) < 4.78 is 0. The Bertz CT molecular complexity index is 473. The lowest BCUT2D eigenvalue weighted by Crippen LogP contribution is -2.47. The van der Waals surface area contributed by atoms with Gasteiger partial charge in [-0.1, -0.05) is 12.1 Å². The number of hydrogen-bond donors (Lipinski definition) is 1. The Hall–Kier alpha value is -1.55. The summed E-state index contributed by atoms with van der Waals surface area (Å²) in [5.41, 5.74) is 3.44. The summed E-state index contributed by atoms with van der Waals surface area (Å²) in [6.07, 6.45) is 0.923.